The molecule has 0 unspecified atom stereocenters. The maximum absolute atomic E-state index is 11.5. The largest absolute Gasteiger partial charge is 0.349 e. The van der Waals surface area contributed by atoms with Gasteiger partial charge in [-0.1, -0.05) is 20.3 Å². The molecule has 0 atom stereocenters. The molecule has 0 radical (unpaired) electrons. The summed E-state index contributed by atoms with van der Waals surface area (Å²) in [5.41, 5.74) is 1.51. The lowest BCUT2D eigenvalue weighted by atomic mass is 10.1. The van der Waals surface area contributed by atoms with Crippen molar-refractivity contribution in [1.82, 2.24) is 14.9 Å². The molecule has 7 nitrogen and oxygen atoms in total. The third-order valence-corrected chi connectivity index (χ3v) is 3.47. The van der Waals surface area contributed by atoms with Gasteiger partial charge in [-0.25, -0.2) is 4.98 Å². The van der Waals surface area contributed by atoms with E-state index in [2.05, 4.69) is 46.4 Å². The predicted octanol–water partition coefficient (Wildman–Crippen LogP) is 1.32. The highest BCUT2D eigenvalue weighted by molar-refractivity contribution is 6.00. The number of carbonyl (C=O) groups excluding carboxylic acids is 1. The van der Waals surface area contributed by atoms with Crippen LogP contribution in [0.1, 0.15) is 26.0 Å². The Balaban J connectivity index is 0.000000545. The van der Waals surface area contributed by atoms with Crippen molar-refractivity contribution < 1.29 is 4.79 Å². The molecule has 1 saturated heterocycles. The number of likely N-dealkylation sites (N-methyl/N-ethyl adjacent to an activating group) is 2. The van der Waals surface area contributed by atoms with Crippen LogP contribution in [0.3, 0.4) is 0 Å². The van der Waals surface area contributed by atoms with E-state index in [1.165, 1.54) is 6.42 Å². The van der Waals surface area contributed by atoms with Crippen molar-refractivity contribution >= 4 is 23.4 Å². The standard InChI is InChI=1S/C12H18N6O.C3H8/c1-7-10-11(18(3)6-9(19)15-10)16-12(13-7)14-8-4-17(2)5-8;1-3-2/h8H,4-6H2,1-3H3,(H,15,19)(H,13,14,16);3H2,1-2H3. The van der Waals surface area contributed by atoms with Crippen LogP contribution in [0.5, 0.6) is 0 Å². The van der Waals surface area contributed by atoms with Crippen molar-refractivity contribution in [3.63, 3.8) is 0 Å². The minimum atomic E-state index is -0.0250. The normalized spacial score (nSPS) is 17.9. The summed E-state index contributed by atoms with van der Waals surface area (Å²) in [7, 11) is 3.95. The van der Waals surface area contributed by atoms with E-state index in [0.29, 0.717) is 18.5 Å². The fourth-order valence-corrected chi connectivity index (χ4v) is 2.49. The molecule has 1 aromatic rings. The first-order valence-electron chi connectivity index (χ1n) is 7.79. The Kier molecular flexibility index (Phi) is 5.18. The van der Waals surface area contributed by atoms with Crippen LogP contribution in [0.25, 0.3) is 0 Å². The van der Waals surface area contributed by atoms with E-state index in [4.69, 9.17) is 0 Å². The van der Waals surface area contributed by atoms with Gasteiger partial charge in [0.05, 0.1) is 18.3 Å². The molecular weight excluding hydrogens is 280 g/mol. The van der Waals surface area contributed by atoms with Crippen LogP contribution in [0.15, 0.2) is 0 Å². The van der Waals surface area contributed by atoms with Crippen LogP contribution in [-0.2, 0) is 4.79 Å². The van der Waals surface area contributed by atoms with Crippen molar-refractivity contribution in [1.29, 1.82) is 0 Å². The predicted molar refractivity (Wildman–Crippen MR) is 89.5 cm³/mol. The van der Waals surface area contributed by atoms with Crippen LogP contribution in [-0.4, -0.2) is 60.5 Å². The molecule has 0 bridgehead atoms. The van der Waals surface area contributed by atoms with Gasteiger partial charge >= 0.3 is 0 Å². The molecule has 22 heavy (non-hydrogen) atoms. The topological polar surface area (TPSA) is 73.4 Å². The molecule has 1 fully saturated rings. The molecule has 2 aliphatic heterocycles. The summed E-state index contributed by atoms with van der Waals surface area (Å²) in [6, 6.07) is 0.408. The van der Waals surface area contributed by atoms with Crippen LogP contribution in [0.2, 0.25) is 0 Å². The van der Waals surface area contributed by atoms with Gasteiger partial charge in [-0.15, -0.1) is 0 Å². The zero-order chi connectivity index (χ0) is 16.3. The number of anilines is 3. The highest BCUT2D eigenvalue weighted by atomic mass is 16.2. The van der Waals surface area contributed by atoms with Gasteiger partial charge in [0.1, 0.15) is 5.69 Å². The number of hydrogen-bond donors (Lipinski definition) is 2. The molecular formula is C15H26N6O. The Labute approximate surface area is 132 Å². The van der Waals surface area contributed by atoms with Gasteiger partial charge in [0.25, 0.3) is 0 Å². The maximum atomic E-state index is 11.5. The van der Waals surface area contributed by atoms with E-state index in [-0.39, 0.29) is 5.91 Å². The minimum Gasteiger partial charge on any atom is -0.349 e. The van der Waals surface area contributed by atoms with Gasteiger partial charge in [-0.3, -0.25) is 4.79 Å². The Morgan fingerprint density at radius 2 is 1.91 bits per heavy atom. The molecule has 3 heterocycles. The van der Waals surface area contributed by atoms with Gasteiger partial charge in [0.2, 0.25) is 11.9 Å². The number of likely N-dealkylation sites (tertiary alicyclic amines) is 1. The first-order valence-corrected chi connectivity index (χ1v) is 7.79. The van der Waals surface area contributed by atoms with Crippen LogP contribution >= 0.6 is 0 Å². The number of nitrogens with zero attached hydrogens (tertiary/aromatic N) is 4. The minimum absolute atomic E-state index is 0.0250. The fraction of sp³-hybridized carbons (Fsp3) is 0.667. The average Bonchev–Trinajstić information content (AvgIpc) is 2.39. The SMILES string of the molecule is CCC.Cc1nc(NC2CN(C)C2)nc2c1NC(=O)CN2C. The second kappa shape index (κ2) is 6.91. The number of aryl methyl sites for hydroxylation is 1. The quantitative estimate of drug-likeness (QED) is 0.858. The number of amides is 1. The van der Waals surface area contributed by atoms with Crippen molar-refractivity contribution in [2.75, 3.05) is 49.3 Å². The molecule has 2 N–H and O–H groups in total. The summed E-state index contributed by atoms with van der Waals surface area (Å²) in [5.74, 6) is 1.39. The van der Waals surface area contributed by atoms with Crippen molar-refractivity contribution in [2.45, 2.75) is 33.2 Å². The number of fused-ring (bicyclic) bond motifs is 1. The fourth-order valence-electron chi connectivity index (χ4n) is 2.49. The Morgan fingerprint density at radius 3 is 2.50 bits per heavy atom. The second-order valence-electron chi connectivity index (χ2n) is 6.01. The monoisotopic (exact) mass is 306 g/mol. The lowest BCUT2D eigenvalue weighted by molar-refractivity contribution is -0.115. The summed E-state index contributed by atoms with van der Waals surface area (Å²) in [6.07, 6.45) is 1.25. The summed E-state index contributed by atoms with van der Waals surface area (Å²) in [5, 5.41) is 6.16. The Bertz CT molecular complexity index is 541. The molecule has 3 rings (SSSR count). The second-order valence-corrected chi connectivity index (χ2v) is 6.01. The maximum Gasteiger partial charge on any atom is 0.244 e. The van der Waals surface area contributed by atoms with Gasteiger partial charge in [-0.2, -0.15) is 4.98 Å². The molecule has 2 aliphatic rings. The summed E-state index contributed by atoms with van der Waals surface area (Å²) >= 11 is 0. The molecule has 1 aromatic heterocycles. The lowest BCUT2D eigenvalue weighted by Crippen LogP contribution is -2.52. The first kappa shape index (κ1) is 16.5. The Hall–Kier alpha value is -1.89. The molecule has 122 valence electrons. The highest BCUT2D eigenvalue weighted by Crippen LogP contribution is 2.30. The average molecular weight is 306 g/mol. The van der Waals surface area contributed by atoms with Crippen LogP contribution in [0.4, 0.5) is 17.5 Å². The third kappa shape index (κ3) is 3.65. The summed E-state index contributed by atoms with van der Waals surface area (Å²) in [6.45, 7) is 8.48. The number of rotatable bonds is 2. The van der Waals surface area contributed by atoms with Gasteiger partial charge in [0.15, 0.2) is 5.82 Å². The van der Waals surface area contributed by atoms with Crippen molar-refractivity contribution in [3.8, 4) is 0 Å². The zero-order valence-electron chi connectivity index (χ0n) is 14.1. The van der Waals surface area contributed by atoms with E-state index in [0.717, 1.165) is 30.3 Å². The molecule has 0 aliphatic carbocycles. The number of aromatic nitrogens is 2. The van der Waals surface area contributed by atoms with Gasteiger partial charge in [-0.05, 0) is 14.0 Å². The summed E-state index contributed by atoms with van der Waals surface area (Å²) in [4.78, 5) is 24.5. The summed E-state index contributed by atoms with van der Waals surface area (Å²) < 4.78 is 0. The first-order chi connectivity index (χ1) is 10.4. The molecule has 7 heteroatoms. The van der Waals surface area contributed by atoms with Crippen molar-refractivity contribution in [3.05, 3.63) is 5.69 Å². The number of hydrogen-bond acceptors (Lipinski definition) is 6. The van der Waals surface area contributed by atoms with Crippen LogP contribution < -0.4 is 15.5 Å². The number of nitrogens with one attached hydrogen (secondary N) is 2. The number of carbonyl (C=O) groups is 1. The smallest absolute Gasteiger partial charge is 0.244 e. The lowest BCUT2D eigenvalue weighted by Gasteiger charge is -2.37. The van der Waals surface area contributed by atoms with E-state index < -0.39 is 0 Å². The van der Waals surface area contributed by atoms with Gasteiger partial charge < -0.3 is 20.4 Å². The third-order valence-electron chi connectivity index (χ3n) is 3.47. The van der Waals surface area contributed by atoms with E-state index >= 15 is 0 Å². The van der Waals surface area contributed by atoms with E-state index in [9.17, 15) is 4.79 Å². The highest BCUT2D eigenvalue weighted by Gasteiger charge is 2.27. The molecule has 0 aromatic carbocycles. The van der Waals surface area contributed by atoms with E-state index in [1.54, 1.807) is 0 Å². The molecule has 0 spiro atoms. The van der Waals surface area contributed by atoms with Crippen LogP contribution in [0, 0.1) is 6.92 Å². The van der Waals surface area contributed by atoms with Gasteiger partial charge in [0, 0.05) is 20.1 Å². The molecule has 1 amide bonds. The van der Waals surface area contributed by atoms with Crippen molar-refractivity contribution in [2.24, 2.45) is 0 Å². The molecule has 0 saturated carbocycles. The zero-order valence-corrected chi connectivity index (χ0v) is 14.1. The van der Waals surface area contributed by atoms with E-state index in [1.807, 2.05) is 18.9 Å². The Morgan fingerprint density at radius 1 is 1.27 bits per heavy atom.